The molecule has 1 atom stereocenters. The summed E-state index contributed by atoms with van der Waals surface area (Å²) >= 11 is 1.13. The van der Waals surface area contributed by atoms with Gasteiger partial charge >= 0.3 is 0 Å². The number of aromatic nitrogens is 1. The van der Waals surface area contributed by atoms with Crippen LogP contribution in [0.15, 0.2) is 4.90 Å². The van der Waals surface area contributed by atoms with E-state index in [4.69, 9.17) is 5.73 Å². The maximum absolute atomic E-state index is 12.2. The second-order valence-electron chi connectivity index (χ2n) is 5.20. The maximum atomic E-state index is 12.2. The fraction of sp³-hybridized carbons (Fsp3) is 0.750. The number of hydrogen-bond acceptors (Lipinski definition) is 7. The van der Waals surface area contributed by atoms with Gasteiger partial charge in [0.25, 0.3) is 0 Å². The van der Waals surface area contributed by atoms with E-state index in [0.717, 1.165) is 31.0 Å². The summed E-state index contributed by atoms with van der Waals surface area (Å²) < 4.78 is 28.5. The molecule has 0 radical (unpaired) electrons. The van der Waals surface area contributed by atoms with Crippen LogP contribution < -0.4 is 11.1 Å². The minimum absolute atomic E-state index is 0.105. The second-order valence-corrected chi connectivity index (χ2v) is 8.02. The highest BCUT2D eigenvalue weighted by Gasteiger charge is 2.26. The molecule has 1 aliphatic heterocycles. The molecule has 20 heavy (non-hydrogen) atoms. The molecule has 0 aromatic carbocycles. The van der Waals surface area contributed by atoms with Crippen molar-refractivity contribution in [2.75, 3.05) is 36.9 Å². The zero-order valence-electron chi connectivity index (χ0n) is 11.9. The van der Waals surface area contributed by atoms with Crippen LogP contribution in [0, 0.1) is 0 Å². The van der Waals surface area contributed by atoms with E-state index in [9.17, 15) is 8.42 Å². The Bertz CT molecular complexity index is 556. The highest BCUT2D eigenvalue weighted by Crippen LogP contribution is 2.32. The standard InChI is InChI=1S/C12H22N4O2S2/c1-3-7-20(17,18)10-11(13)15-19-12(10)14-8-9-5-4-6-16(9)2/h9,14H,3-8H2,1-2H3,(H2,13,15). The minimum atomic E-state index is -3.34. The van der Waals surface area contributed by atoms with Crippen molar-refractivity contribution in [2.24, 2.45) is 0 Å². The van der Waals surface area contributed by atoms with Crippen molar-refractivity contribution < 1.29 is 8.42 Å². The van der Waals surface area contributed by atoms with Crippen LogP contribution in [0.2, 0.25) is 0 Å². The summed E-state index contributed by atoms with van der Waals surface area (Å²) in [6.45, 7) is 3.67. The van der Waals surface area contributed by atoms with Gasteiger partial charge in [0.15, 0.2) is 15.7 Å². The van der Waals surface area contributed by atoms with Crippen molar-refractivity contribution >= 4 is 32.2 Å². The molecule has 0 bridgehead atoms. The lowest BCUT2D eigenvalue weighted by Gasteiger charge is -2.20. The highest BCUT2D eigenvalue weighted by molar-refractivity contribution is 7.91. The first-order chi connectivity index (χ1) is 9.45. The Morgan fingerprint density at radius 2 is 2.30 bits per heavy atom. The third kappa shape index (κ3) is 3.24. The first-order valence-electron chi connectivity index (χ1n) is 6.87. The Hall–Kier alpha value is -0.860. The first kappa shape index (κ1) is 15.5. The van der Waals surface area contributed by atoms with Gasteiger partial charge in [0.05, 0.1) is 5.75 Å². The monoisotopic (exact) mass is 318 g/mol. The molecule has 6 nitrogen and oxygen atoms in total. The van der Waals surface area contributed by atoms with Gasteiger partial charge in [-0.2, -0.15) is 4.37 Å². The van der Waals surface area contributed by atoms with Gasteiger partial charge in [0.2, 0.25) is 0 Å². The van der Waals surface area contributed by atoms with Crippen molar-refractivity contribution in [1.29, 1.82) is 0 Å². The van der Waals surface area contributed by atoms with Crippen molar-refractivity contribution in [3.8, 4) is 0 Å². The molecule has 1 saturated heterocycles. The van der Waals surface area contributed by atoms with Crippen LogP contribution in [-0.4, -0.2) is 49.6 Å². The number of hydrogen-bond donors (Lipinski definition) is 2. The number of rotatable bonds is 6. The number of sulfone groups is 1. The molecule has 1 aromatic rings. The van der Waals surface area contributed by atoms with Gasteiger partial charge in [-0.25, -0.2) is 8.42 Å². The van der Waals surface area contributed by atoms with Gasteiger partial charge in [0.1, 0.15) is 9.90 Å². The van der Waals surface area contributed by atoms with Crippen LogP contribution in [0.4, 0.5) is 10.8 Å². The Morgan fingerprint density at radius 3 is 2.90 bits per heavy atom. The Balaban J connectivity index is 2.13. The van der Waals surface area contributed by atoms with E-state index < -0.39 is 9.84 Å². The second kappa shape index (κ2) is 6.28. The van der Waals surface area contributed by atoms with Gasteiger partial charge in [-0.1, -0.05) is 6.92 Å². The van der Waals surface area contributed by atoms with Crippen molar-refractivity contribution in [3.63, 3.8) is 0 Å². The van der Waals surface area contributed by atoms with Gasteiger partial charge in [-0.15, -0.1) is 0 Å². The quantitative estimate of drug-likeness (QED) is 0.824. The number of nitrogen functional groups attached to an aromatic ring is 1. The Labute approximate surface area is 124 Å². The predicted octanol–water partition coefficient (Wildman–Crippen LogP) is 1.42. The number of nitrogens with zero attached hydrogens (tertiary/aromatic N) is 2. The van der Waals surface area contributed by atoms with Crippen molar-refractivity contribution in [2.45, 2.75) is 37.1 Å². The summed E-state index contributed by atoms with van der Waals surface area (Å²) in [5.74, 6) is 0.221. The zero-order valence-corrected chi connectivity index (χ0v) is 13.6. The molecule has 1 fully saturated rings. The molecule has 3 N–H and O–H groups in total. The molecule has 2 rings (SSSR count). The lowest BCUT2D eigenvalue weighted by molar-refractivity contribution is 0.322. The predicted molar refractivity (Wildman–Crippen MR) is 83.0 cm³/mol. The van der Waals surface area contributed by atoms with Crippen LogP contribution in [0.25, 0.3) is 0 Å². The van der Waals surface area contributed by atoms with Crippen LogP contribution in [0.5, 0.6) is 0 Å². The van der Waals surface area contributed by atoms with Crippen molar-refractivity contribution in [3.05, 3.63) is 0 Å². The summed E-state index contributed by atoms with van der Waals surface area (Å²) in [6.07, 6.45) is 2.89. The van der Waals surface area contributed by atoms with E-state index in [1.807, 2.05) is 6.92 Å². The van der Waals surface area contributed by atoms with Crippen molar-refractivity contribution in [1.82, 2.24) is 9.27 Å². The zero-order chi connectivity index (χ0) is 14.8. The van der Waals surface area contributed by atoms with Crippen LogP contribution in [-0.2, 0) is 9.84 Å². The average molecular weight is 318 g/mol. The summed E-state index contributed by atoms with van der Waals surface area (Å²) in [6, 6.07) is 0.444. The molecule has 8 heteroatoms. The molecule has 2 heterocycles. The van der Waals surface area contributed by atoms with Crippen LogP contribution in [0.3, 0.4) is 0 Å². The van der Waals surface area contributed by atoms with Crippen LogP contribution in [0.1, 0.15) is 26.2 Å². The Kier molecular flexibility index (Phi) is 4.87. The fourth-order valence-electron chi connectivity index (χ4n) is 2.53. The normalized spacial score (nSPS) is 20.4. The van der Waals surface area contributed by atoms with Crippen LogP contribution >= 0.6 is 11.5 Å². The number of anilines is 2. The summed E-state index contributed by atoms with van der Waals surface area (Å²) in [4.78, 5) is 2.47. The smallest absolute Gasteiger partial charge is 0.185 e. The largest absolute Gasteiger partial charge is 0.382 e. The maximum Gasteiger partial charge on any atom is 0.185 e. The van der Waals surface area contributed by atoms with Gasteiger partial charge in [-0.05, 0) is 44.4 Å². The molecule has 0 spiro atoms. The molecule has 0 amide bonds. The lowest BCUT2D eigenvalue weighted by atomic mass is 10.2. The van der Waals surface area contributed by atoms with E-state index in [1.165, 1.54) is 6.42 Å². The third-order valence-corrected chi connectivity index (χ3v) is 6.56. The first-order valence-corrected chi connectivity index (χ1v) is 9.30. The SMILES string of the molecule is CCCS(=O)(=O)c1c(N)nsc1NCC1CCCN1C. The van der Waals surface area contributed by atoms with E-state index in [0.29, 0.717) is 17.5 Å². The number of nitrogens with two attached hydrogens (primary N) is 1. The fourth-order valence-corrected chi connectivity index (χ4v) is 5.15. The number of likely N-dealkylation sites (N-methyl/N-ethyl adjacent to an activating group) is 1. The summed E-state index contributed by atoms with van der Waals surface area (Å²) in [5.41, 5.74) is 5.74. The number of nitrogens with one attached hydrogen (secondary N) is 1. The van der Waals surface area contributed by atoms with E-state index >= 15 is 0 Å². The topological polar surface area (TPSA) is 88.3 Å². The lowest BCUT2D eigenvalue weighted by Crippen LogP contribution is -2.31. The molecule has 0 saturated carbocycles. The van der Waals surface area contributed by atoms with Gasteiger partial charge in [0, 0.05) is 12.6 Å². The third-order valence-electron chi connectivity index (χ3n) is 3.63. The van der Waals surface area contributed by atoms with E-state index in [2.05, 4.69) is 21.6 Å². The average Bonchev–Trinajstić information content (AvgIpc) is 2.93. The molecule has 1 unspecified atom stereocenters. The highest BCUT2D eigenvalue weighted by atomic mass is 32.2. The van der Waals surface area contributed by atoms with E-state index in [-0.39, 0.29) is 16.5 Å². The number of likely N-dealkylation sites (tertiary alicyclic amines) is 1. The molecule has 114 valence electrons. The van der Waals surface area contributed by atoms with Gasteiger partial charge < -0.3 is 16.0 Å². The molecule has 1 aliphatic rings. The molecule has 0 aliphatic carbocycles. The molecule has 1 aromatic heterocycles. The Morgan fingerprint density at radius 1 is 1.55 bits per heavy atom. The summed E-state index contributed by atoms with van der Waals surface area (Å²) in [5, 5.41) is 3.81. The molecular formula is C12H22N4O2S2. The van der Waals surface area contributed by atoms with E-state index in [1.54, 1.807) is 0 Å². The molecular weight excluding hydrogens is 296 g/mol. The van der Waals surface area contributed by atoms with Gasteiger partial charge in [-0.3, -0.25) is 0 Å². The minimum Gasteiger partial charge on any atom is -0.382 e. The summed E-state index contributed by atoms with van der Waals surface area (Å²) in [7, 11) is -1.25.